The van der Waals surface area contributed by atoms with Gasteiger partial charge in [0.25, 0.3) is 5.69 Å². The van der Waals surface area contributed by atoms with Gasteiger partial charge in [0.15, 0.2) is 0 Å². The Kier molecular flexibility index (Phi) is 6.41. The Balaban J connectivity index is 2.17. The summed E-state index contributed by atoms with van der Waals surface area (Å²) in [5.74, 6) is 2.86. The van der Waals surface area contributed by atoms with E-state index in [1.165, 1.54) is 6.21 Å². The van der Waals surface area contributed by atoms with Crippen LogP contribution >= 0.6 is 15.9 Å². The van der Waals surface area contributed by atoms with Gasteiger partial charge in [0.1, 0.15) is 18.0 Å². The highest BCUT2D eigenvalue weighted by Crippen LogP contribution is 2.35. The van der Waals surface area contributed by atoms with Gasteiger partial charge in [0, 0.05) is 6.07 Å². The number of nitro groups is 1. The number of terminal acetylenes is 1. The summed E-state index contributed by atoms with van der Waals surface area (Å²) in [5, 5.41) is 14.8. The smallest absolute Gasteiger partial charge is 0.416 e. The van der Waals surface area contributed by atoms with Crippen molar-refractivity contribution in [2.75, 3.05) is 12.0 Å². The van der Waals surface area contributed by atoms with Gasteiger partial charge in [-0.15, -0.1) is 6.42 Å². The van der Waals surface area contributed by atoms with Gasteiger partial charge in [0.05, 0.1) is 21.2 Å². The Morgan fingerprint density at radius 2 is 2.07 bits per heavy atom. The molecular weight excluding hydrogens is 431 g/mol. The van der Waals surface area contributed by atoms with E-state index in [9.17, 15) is 23.3 Å². The lowest BCUT2D eigenvalue weighted by Gasteiger charge is -2.08. The first-order chi connectivity index (χ1) is 12.7. The fourth-order valence-corrected chi connectivity index (χ4v) is 2.47. The van der Waals surface area contributed by atoms with Gasteiger partial charge < -0.3 is 4.74 Å². The molecule has 0 fully saturated rings. The average Bonchev–Trinajstić information content (AvgIpc) is 2.60. The van der Waals surface area contributed by atoms with Crippen LogP contribution in [0, 0.1) is 22.5 Å². The standard InChI is InChI=1S/C17H11BrF3N3O3/c1-2-7-27-16-6-3-11(8-13(16)18)10-22-23-14-5-4-12(17(19,20)21)9-15(14)24(25)26/h1,3-6,8-10,23H,7H2/b22-10-. The summed E-state index contributed by atoms with van der Waals surface area (Å²) in [6.07, 6.45) is 1.78. The van der Waals surface area contributed by atoms with Gasteiger partial charge in [0.2, 0.25) is 0 Å². The highest BCUT2D eigenvalue weighted by atomic mass is 79.9. The van der Waals surface area contributed by atoms with Crippen LogP contribution in [-0.4, -0.2) is 17.7 Å². The van der Waals surface area contributed by atoms with E-state index < -0.39 is 22.4 Å². The quantitative estimate of drug-likeness (QED) is 0.301. The molecule has 0 aliphatic carbocycles. The molecule has 10 heteroatoms. The predicted molar refractivity (Wildman–Crippen MR) is 97.8 cm³/mol. The summed E-state index contributed by atoms with van der Waals surface area (Å²) in [6.45, 7) is 0.102. The van der Waals surface area contributed by atoms with E-state index in [1.807, 2.05) is 0 Å². The molecule has 0 aliphatic heterocycles. The fraction of sp³-hybridized carbons (Fsp3) is 0.118. The topological polar surface area (TPSA) is 76.8 Å². The van der Waals surface area contributed by atoms with Gasteiger partial charge in [-0.25, -0.2) is 0 Å². The molecule has 0 heterocycles. The maximum absolute atomic E-state index is 12.7. The van der Waals surface area contributed by atoms with Crippen molar-refractivity contribution in [3.63, 3.8) is 0 Å². The number of ether oxygens (including phenoxy) is 1. The Morgan fingerprint density at radius 1 is 1.33 bits per heavy atom. The molecule has 1 N–H and O–H groups in total. The van der Waals surface area contributed by atoms with E-state index >= 15 is 0 Å². The molecule has 0 saturated heterocycles. The number of alkyl halides is 3. The van der Waals surface area contributed by atoms with Crippen molar-refractivity contribution >= 4 is 33.5 Å². The van der Waals surface area contributed by atoms with E-state index in [-0.39, 0.29) is 12.3 Å². The SMILES string of the molecule is C#CCOc1ccc(/C=N\Nc2ccc(C(F)(F)F)cc2[N+](=O)[O-])cc1Br. The molecule has 0 saturated carbocycles. The van der Waals surface area contributed by atoms with Crippen LogP contribution in [0.2, 0.25) is 0 Å². The molecule has 0 spiro atoms. The maximum Gasteiger partial charge on any atom is 0.416 e. The molecule has 0 radical (unpaired) electrons. The summed E-state index contributed by atoms with van der Waals surface area (Å²) in [5.41, 5.74) is 0.966. The van der Waals surface area contributed by atoms with Crippen molar-refractivity contribution < 1.29 is 22.8 Å². The zero-order valence-corrected chi connectivity index (χ0v) is 15.0. The lowest BCUT2D eigenvalue weighted by Crippen LogP contribution is -2.06. The minimum atomic E-state index is -4.68. The number of hydrazone groups is 1. The minimum Gasteiger partial charge on any atom is -0.480 e. The van der Waals surface area contributed by atoms with E-state index in [4.69, 9.17) is 11.2 Å². The van der Waals surface area contributed by atoms with Gasteiger partial charge in [-0.05, 0) is 51.8 Å². The number of hydrogen-bond acceptors (Lipinski definition) is 5. The molecule has 2 aromatic carbocycles. The number of nitrogens with one attached hydrogen (secondary N) is 1. The first-order valence-electron chi connectivity index (χ1n) is 7.23. The first kappa shape index (κ1) is 20.3. The van der Waals surface area contributed by atoms with Crippen molar-refractivity contribution in [2.45, 2.75) is 6.18 Å². The molecule has 0 aliphatic rings. The summed E-state index contributed by atoms with van der Waals surface area (Å²) in [6, 6.07) is 7.10. The Labute approximate surface area is 160 Å². The van der Waals surface area contributed by atoms with Crippen molar-refractivity contribution in [1.82, 2.24) is 0 Å². The van der Waals surface area contributed by atoms with Crippen LogP contribution in [0.4, 0.5) is 24.5 Å². The molecule has 0 unspecified atom stereocenters. The van der Waals surface area contributed by atoms with Crippen LogP contribution in [0.3, 0.4) is 0 Å². The minimum absolute atomic E-state index is 0.102. The molecule has 2 aromatic rings. The van der Waals surface area contributed by atoms with Gasteiger partial charge in [-0.2, -0.15) is 18.3 Å². The third kappa shape index (κ3) is 5.46. The van der Waals surface area contributed by atoms with Crippen molar-refractivity contribution in [2.24, 2.45) is 5.10 Å². The molecule has 6 nitrogen and oxygen atoms in total. The van der Waals surface area contributed by atoms with Crippen LogP contribution in [0.5, 0.6) is 5.75 Å². The average molecular weight is 442 g/mol. The summed E-state index contributed by atoms with van der Waals surface area (Å²) >= 11 is 3.30. The van der Waals surface area contributed by atoms with Gasteiger partial charge in [-0.1, -0.05) is 5.92 Å². The highest BCUT2D eigenvalue weighted by Gasteiger charge is 2.33. The second-order valence-electron chi connectivity index (χ2n) is 5.04. The third-order valence-electron chi connectivity index (χ3n) is 3.19. The van der Waals surface area contributed by atoms with E-state index in [0.717, 1.165) is 12.1 Å². The summed E-state index contributed by atoms with van der Waals surface area (Å²) in [7, 11) is 0. The summed E-state index contributed by atoms with van der Waals surface area (Å²) < 4.78 is 44.0. The van der Waals surface area contributed by atoms with Crippen molar-refractivity contribution in [3.8, 4) is 18.1 Å². The number of benzene rings is 2. The third-order valence-corrected chi connectivity index (χ3v) is 3.81. The predicted octanol–water partition coefficient (Wildman–Crippen LogP) is 4.83. The molecule has 2 rings (SSSR count). The molecule has 0 amide bonds. The lowest BCUT2D eigenvalue weighted by molar-refractivity contribution is -0.384. The first-order valence-corrected chi connectivity index (χ1v) is 8.02. The van der Waals surface area contributed by atoms with Crippen LogP contribution < -0.4 is 10.2 Å². The largest absolute Gasteiger partial charge is 0.480 e. The molecular formula is C17H11BrF3N3O3. The maximum atomic E-state index is 12.7. The molecule has 0 aromatic heterocycles. The van der Waals surface area contributed by atoms with Crippen LogP contribution in [0.15, 0.2) is 46.0 Å². The van der Waals surface area contributed by atoms with Gasteiger partial charge >= 0.3 is 6.18 Å². The number of nitrogens with zero attached hydrogens (tertiary/aromatic N) is 2. The highest BCUT2D eigenvalue weighted by molar-refractivity contribution is 9.10. The Hall–Kier alpha value is -3.06. The summed E-state index contributed by atoms with van der Waals surface area (Å²) in [4.78, 5) is 10.1. The number of halogens is 4. The normalized spacial score (nSPS) is 11.2. The van der Waals surface area contributed by atoms with Crippen LogP contribution in [0.25, 0.3) is 0 Å². The number of anilines is 1. The molecule has 0 bridgehead atoms. The molecule has 140 valence electrons. The zero-order valence-electron chi connectivity index (χ0n) is 13.5. The molecule has 27 heavy (non-hydrogen) atoms. The molecule has 0 atom stereocenters. The van der Waals surface area contributed by atoms with E-state index in [2.05, 4.69) is 32.4 Å². The monoisotopic (exact) mass is 441 g/mol. The van der Waals surface area contributed by atoms with Crippen molar-refractivity contribution in [3.05, 3.63) is 62.1 Å². The fourth-order valence-electron chi connectivity index (χ4n) is 1.96. The van der Waals surface area contributed by atoms with Crippen LogP contribution in [-0.2, 0) is 6.18 Å². The second-order valence-corrected chi connectivity index (χ2v) is 5.89. The number of nitro benzene ring substituents is 1. The number of rotatable bonds is 6. The van der Waals surface area contributed by atoms with E-state index in [1.54, 1.807) is 18.2 Å². The Bertz CT molecular complexity index is 924. The van der Waals surface area contributed by atoms with Gasteiger partial charge in [-0.3, -0.25) is 15.5 Å². The van der Waals surface area contributed by atoms with E-state index in [0.29, 0.717) is 21.9 Å². The van der Waals surface area contributed by atoms with Crippen molar-refractivity contribution in [1.29, 1.82) is 0 Å². The van der Waals surface area contributed by atoms with Crippen LogP contribution in [0.1, 0.15) is 11.1 Å². The second kappa shape index (κ2) is 8.55. The zero-order chi connectivity index (χ0) is 20.0. The lowest BCUT2D eigenvalue weighted by atomic mass is 10.1. The number of hydrogen-bond donors (Lipinski definition) is 1. The Morgan fingerprint density at radius 3 is 2.67 bits per heavy atom.